The molecule has 0 spiro atoms. The van der Waals surface area contributed by atoms with E-state index in [4.69, 9.17) is 5.73 Å². The predicted octanol–water partition coefficient (Wildman–Crippen LogP) is 3.94. The highest BCUT2D eigenvalue weighted by atomic mass is 19.4. The van der Waals surface area contributed by atoms with Crippen molar-refractivity contribution in [1.29, 1.82) is 5.26 Å². The van der Waals surface area contributed by atoms with E-state index in [9.17, 15) is 23.2 Å². The molecule has 1 aromatic heterocycles. The zero-order valence-electron chi connectivity index (χ0n) is 16.8. The molecule has 1 amide bonds. The number of halogens is 3. The Morgan fingerprint density at radius 1 is 1.30 bits per heavy atom. The Labute approximate surface area is 172 Å². The summed E-state index contributed by atoms with van der Waals surface area (Å²) in [6, 6.07) is 4.62. The van der Waals surface area contributed by atoms with Gasteiger partial charge in [-0.05, 0) is 36.3 Å². The Balaban J connectivity index is 2.09. The summed E-state index contributed by atoms with van der Waals surface area (Å²) in [7, 11) is 0. The Morgan fingerprint density at radius 3 is 2.33 bits per heavy atom. The molecule has 1 aliphatic rings. The molecule has 0 saturated heterocycles. The lowest BCUT2D eigenvalue weighted by atomic mass is 9.93. The first-order chi connectivity index (χ1) is 14.1. The van der Waals surface area contributed by atoms with E-state index in [-0.39, 0.29) is 30.7 Å². The molecule has 1 aromatic carbocycles. The average Bonchev–Trinajstić information content (AvgIpc) is 3.27. The molecule has 3 N–H and O–H groups in total. The number of aromatic amines is 1. The third kappa shape index (κ3) is 4.33. The van der Waals surface area contributed by atoms with Gasteiger partial charge < -0.3 is 5.73 Å². The summed E-state index contributed by atoms with van der Waals surface area (Å²) in [4.78, 5) is 13.2. The minimum absolute atomic E-state index is 0.0359. The molecule has 2 atom stereocenters. The van der Waals surface area contributed by atoms with E-state index in [0.29, 0.717) is 5.56 Å². The molecule has 0 bridgehead atoms. The highest BCUT2D eigenvalue weighted by Crippen LogP contribution is 2.52. The Bertz CT molecular complexity index is 912. The van der Waals surface area contributed by atoms with Gasteiger partial charge in [0.15, 0.2) is 0 Å². The second-order valence-corrected chi connectivity index (χ2v) is 8.15. The van der Waals surface area contributed by atoms with Crippen LogP contribution in [0.5, 0.6) is 0 Å². The number of hydrogen-bond donors (Lipinski definition) is 2. The third-order valence-corrected chi connectivity index (χ3v) is 5.43. The van der Waals surface area contributed by atoms with E-state index in [0.717, 1.165) is 10.5 Å². The van der Waals surface area contributed by atoms with Gasteiger partial charge in [-0.25, -0.2) is 0 Å². The van der Waals surface area contributed by atoms with Crippen LogP contribution in [0.25, 0.3) is 11.1 Å². The van der Waals surface area contributed by atoms with Crippen molar-refractivity contribution < 1.29 is 18.0 Å². The number of nitriles is 1. The number of nitrogens with zero attached hydrogens (tertiary/aromatic N) is 3. The van der Waals surface area contributed by atoms with Crippen LogP contribution >= 0.6 is 0 Å². The predicted molar refractivity (Wildman–Crippen MR) is 105 cm³/mol. The minimum atomic E-state index is -4.70. The molecule has 0 aliphatic heterocycles. The number of nitrogens with one attached hydrogen (secondary N) is 1. The number of carbonyl (C=O) groups excluding carboxylic acids is 1. The second kappa shape index (κ2) is 8.11. The number of nitrogens with two attached hydrogens (primary N) is 1. The number of carbonyl (C=O) groups is 1. The fourth-order valence-corrected chi connectivity index (χ4v) is 3.86. The summed E-state index contributed by atoms with van der Waals surface area (Å²) < 4.78 is 43.1. The number of H-pyrrole nitrogens is 1. The molecule has 30 heavy (non-hydrogen) atoms. The first-order valence-electron chi connectivity index (χ1n) is 9.74. The molecule has 2 aromatic rings. The monoisotopic (exact) mass is 419 g/mol. The first-order valence-corrected chi connectivity index (χ1v) is 9.74. The van der Waals surface area contributed by atoms with Crippen molar-refractivity contribution >= 4 is 5.91 Å². The smallest absolute Gasteiger partial charge is 0.368 e. The van der Waals surface area contributed by atoms with Crippen molar-refractivity contribution in [2.75, 3.05) is 0 Å². The van der Waals surface area contributed by atoms with Crippen LogP contribution in [0.3, 0.4) is 0 Å². The molecular weight excluding hydrogens is 395 g/mol. The molecular formula is C21H24F3N5O. The topological polar surface area (TPSA) is 98.8 Å². The maximum atomic E-state index is 14.4. The van der Waals surface area contributed by atoms with Crippen LogP contribution in [0.1, 0.15) is 44.7 Å². The minimum Gasteiger partial charge on any atom is -0.368 e. The normalized spacial score (nSPS) is 17.5. The summed E-state index contributed by atoms with van der Waals surface area (Å²) in [5.41, 5.74) is 5.61. The largest absolute Gasteiger partial charge is 0.408 e. The van der Waals surface area contributed by atoms with Gasteiger partial charge in [0.1, 0.15) is 11.6 Å². The van der Waals surface area contributed by atoms with Crippen molar-refractivity contribution in [2.45, 2.75) is 56.9 Å². The quantitative estimate of drug-likeness (QED) is 0.677. The second-order valence-electron chi connectivity index (χ2n) is 8.15. The van der Waals surface area contributed by atoms with Gasteiger partial charge in [0.25, 0.3) is 0 Å². The van der Waals surface area contributed by atoms with Crippen LogP contribution in [0, 0.1) is 17.2 Å². The highest BCUT2D eigenvalue weighted by molar-refractivity contribution is 5.80. The van der Waals surface area contributed by atoms with Crippen molar-refractivity contribution in [2.24, 2.45) is 11.7 Å². The summed E-state index contributed by atoms with van der Waals surface area (Å²) in [6.07, 6.45) is -0.810. The van der Waals surface area contributed by atoms with Gasteiger partial charge in [0.2, 0.25) is 5.91 Å². The summed E-state index contributed by atoms with van der Waals surface area (Å²) in [6.45, 7) is 3.62. The lowest BCUT2D eigenvalue weighted by molar-refractivity contribution is -0.200. The zero-order valence-corrected chi connectivity index (χ0v) is 16.8. The molecule has 0 unspecified atom stereocenters. The van der Waals surface area contributed by atoms with Crippen molar-refractivity contribution in [3.8, 4) is 17.2 Å². The number of aromatic nitrogens is 2. The van der Waals surface area contributed by atoms with E-state index in [1.165, 1.54) is 12.1 Å². The van der Waals surface area contributed by atoms with Gasteiger partial charge in [0.05, 0.1) is 18.3 Å². The van der Waals surface area contributed by atoms with Gasteiger partial charge in [-0.15, -0.1) is 0 Å². The van der Waals surface area contributed by atoms with Crippen molar-refractivity contribution in [3.05, 3.63) is 42.2 Å². The molecule has 0 radical (unpaired) electrons. The third-order valence-electron chi connectivity index (χ3n) is 5.43. The van der Waals surface area contributed by atoms with Crippen LogP contribution in [-0.2, 0) is 4.79 Å². The van der Waals surface area contributed by atoms with Crippen LogP contribution < -0.4 is 5.73 Å². The molecule has 160 valence electrons. The van der Waals surface area contributed by atoms with Crippen molar-refractivity contribution in [3.63, 3.8) is 0 Å². The van der Waals surface area contributed by atoms with Gasteiger partial charge in [-0.3, -0.25) is 14.8 Å². The van der Waals surface area contributed by atoms with Gasteiger partial charge in [-0.2, -0.15) is 23.5 Å². The van der Waals surface area contributed by atoms with E-state index in [2.05, 4.69) is 10.2 Å². The molecule has 1 heterocycles. The molecule has 3 rings (SSSR count). The van der Waals surface area contributed by atoms with Crippen LogP contribution in [0.2, 0.25) is 0 Å². The Kier molecular flexibility index (Phi) is 5.90. The molecule has 1 aliphatic carbocycles. The fraction of sp³-hybridized carbons (Fsp3) is 0.476. The number of alkyl halides is 3. The number of rotatable bonds is 8. The summed E-state index contributed by atoms with van der Waals surface area (Å²) in [5, 5.41) is 16.2. The molecule has 1 fully saturated rings. The lowest BCUT2D eigenvalue weighted by Crippen LogP contribution is -2.56. The Hall–Kier alpha value is -2.86. The van der Waals surface area contributed by atoms with Crippen LogP contribution in [0.4, 0.5) is 13.2 Å². The van der Waals surface area contributed by atoms with Gasteiger partial charge in [0, 0.05) is 11.8 Å². The molecule has 6 nitrogen and oxygen atoms in total. The van der Waals surface area contributed by atoms with Gasteiger partial charge >= 0.3 is 6.18 Å². The number of amides is 1. The molecule has 1 saturated carbocycles. The Morgan fingerprint density at radius 2 is 1.93 bits per heavy atom. The summed E-state index contributed by atoms with van der Waals surface area (Å²) >= 11 is 0. The van der Waals surface area contributed by atoms with E-state index in [1.807, 2.05) is 19.9 Å². The van der Waals surface area contributed by atoms with Gasteiger partial charge in [-0.1, -0.05) is 38.1 Å². The maximum absolute atomic E-state index is 14.4. The van der Waals surface area contributed by atoms with Crippen LogP contribution in [-0.4, -0.2) is 38.8 Å². The number of benzene rings is 1. The zero-order chi connectivity index (χ0) is 22.1. The average molecular weight is 419 g/mol. The fourth-order valence-electron chi connectivity index (χ4n) is 3.86. The lowest BCUT2D eigenvalue weighted by Gasteiger charge is -2.41. The summed E-state index contributed by atoms with van der Waals surface area (Å²) in [5.74, 6) is -0.925. The molecule has 9 heteroatoms. The highest BCUT2D eigenvalue weighted by Gasteiger charge is 2.60. The van der Waals surface area contributed by atoms with E-state index in [1.54, 1.807) is 24.5 Å². The number of hydrogen-bond acceptors (Lipinski definition) is 4. The first kappa shape index (κ1) is 21.8. The van der Waals surface area contributed by atoms with Crippen molar-refractivity contribution in [1.82, 2.24) is 15.1 Å². The standard InChI is InChI=1S/C21H24F3N5O/c1-13(2)9-17(19(26)30)29(20(12-25)7-8-20)18(21(22,23)24)15-5-3-14(4-6-15)16-10-27-28-11-16/h3-6,10-11,13,17-18H,7-9H2,1-2H3,(H2,26,30)(H,27,28)/t17-,18-/m0/s1. The SMILES string of the molecule is CC(C)C[C@@H](C(N)=O)N([C@@H](c1ccc(-c2cn[nH]c2)cc1)C(F)(F)F)C1(C#N)CC1. The maximum Gasteiger partial charge on any atom is 0.408 e. The van der Waals surface area contributed by atoms with Crippen LogP contribution in [0.15, 0.2) is 36.7 Å². The van der Waals surface area contributed by atoms with E-state index >= 15 is 0 Å². The number of primary amides is 1. The van der Waals surface area contributed by atoms with E-state index < -0.39 is 29.7 Å².